The van der Waals surface area contributed by atoms with E-state index in [2.05, 4.69) is 6.07 Å². The molecule has 0 aliphatic heterocycles. The Morgan fingerprint density at radius 3 is 2.58 bits per heavy atom. The zero-order chi connectivity index (χ0) is 14.3. The van der Waals surface area contributed by atoms with E-state index in [1.807, 2.05) is 0 Å². The number of nitrogens with zero attached hydrogens (tertiary/aromatic N) is 2. The third kappa shape index (κ3) is 4.39. The van der Waals surface area contributed by atoms with Crippen LogP contribution in [0, 0.1) is 21.4 Å². The van der Waals surface area contributed by atoms with Gasteiger partial charge >= 0.3 is 5.97 Å². The van der Waals surface area contributed by atoms with Gasteiger partial charge in [0.25, 0.3) is 5.69 Å². The Morgan fingerprint density at radius 1 is 1.47 bits per heavy atom. The molecule has 1 aromatic rings. The van der Waals surface area contributed by atoms with Crippen LogP contribution in [0.1, 0.15) is 31.2 Å². The number of rotatable bonds is 6. The number of nitro benzene ring substituents is 1. The number of hydrogen-bond acceptors (Lipinski definition) is 5. The van der Waals surface area contributed by atoms with Gasteiger partial charge in [0.15, 0.2) is 0 Å². The number of hydrogen-bond donors (Lipinski definition) is 0. The molecule has 0 bridgehead atoms. The van der Waals surface area contributed by atoms with Gasteiger partial charge in [0.05, 0.1) is 23.5 Å². The second-order valence-electron chi connectivity index (χ2n) is 3.87. The van der Waals surface area contributed by atoms with E-state index in [0.717, 1.165) is 0 Å². The van der Waals surface area contributed by atoms with Crippen LogP contribution in [0.15, 0.2) is 24.3 Å². The molecule has 100 valence electrons. The highest BCUT2D eigenvalue weighted by atomic mass is 16.6. The van der Waals surface area contributed by atoms with Crippen LogP contribution >= 0.6 is 0 Å². The number of carbonyl (C=O) groups excluding carboxylic acids is 1. The number of ether oxygens (including phenoxy) is 1. The van der Waals surface area contributed by atoms with E-state index in [1.54, 1.807) is 6.92 Å². The first-order chi connectivity index (χ1) is 9.08. The van der Waals surface area contributed by atoms with Crippen molar-refractivity contribution in [3.8, 4) is 6.07 Å². The first-order valence-corrected chi connectivity index (χ1v) is 5.88. The predicted octanol–water partition coefficient (Wildman–Crippen LogP) is 2.55. The van der Waals surface area contributed by atoms with Crippen molar-refractivity contribution in [1.29, 1.82) is 5.26 Å². The zero-order valence-corrected chi connectivity index (χ0v) is 10.5. The van der Waals surface area contributed by atoms with E-state index in [-0.39, 0.29) is 18.1 Å². The standard InChI is InChI=1S/C13H14N2O4/c1-2-19-13(16)8-5-11(9-14)10-3-6-12(7-4-10)15(17)18/h3-4,6-7,11H,2,5,8H2,1H3. The molecule has 0 fully saturated rings. The molecule has 0 amide bonds. The second-order valence-corrected chi connectivity index (χ2v) is 3.87. The van der Waals surface area contributed by atoms with Gasteiger partial charge in [-0.2, -0.15) is 5.26 Å². The van der Waals surface area contributed by atoms with E-state index in [9.17, 15) is 14.9 Å². The summed E-state index contributed by atoms with van der Waals surface area (Å²) in [5.41, 5.74) is 0.642. The highest BCUT2D eigenvalue weighted by Gasteiger charge is 2.15. The van der Waals surface area contributed by atoms with Gasteiger partial charge in [-0.1, -0.05) is 12.1 Å². The van der Waals surface area contributed by atoms with Crippen molar-refractivity contribution in [2.45, 2.75) is 25.7 Å². The highest BCUT2D eigenvalue weighted by molar-refractivity contribution is 5.69. The molecule has 0 saturated carbocycles. The number of benzene rings is 1. The van der Waals surface area contributed by atoms with Crippen LogP contribution in [-0.2, 0) is 9.53 Å². The summed E-state index contributed by atoms with van der Waals surface area (Å²) in [5.74, 6) is -0.810. The minimum Gasteiger partial charge on any atom is -0.466 e. The molecule has 0 aliphatic carbocycles. The van der Waals surface area contributed by atoms with Gasteiger partial charge in [-0.15, -0.1) is 0 Å². The monoisotopic (exact) mass is 262 g/mol. The lowest BCUT2D eigenvalue weighted by atomic mass is 9.95. The largest absolute Gasteiger partial charge is 0.466 e. The number of nitro groups is 1. The summed E-state index contributed by atoms with van der Waals surface area (Å²) in [6, 6.07) is 7.87. The van der Waals surface area contributed by atoms with Crippen molar-refractivity contribution in [3.05, 3.63) is 39.9 Å². The molecule has 1 unspecified atom stereocenters. The van der Waals surface area contributed by atoms with Gasteiger partial charge in [0, 0.05) is 18.6 Å². The fourth-order valence-electron chi connectivity index (χ4n) is 1.63. The van der Waals surface area contributed by atoms with Crippen molar-refractivity contribution >= 4 is 11.7 Å². The minimum atomic E-state index is -0.496. The topological polar surface area (TPSA) is 93.2 Å². The van der Waals surface area contributed by atoms with E-state index in [0.29, 0.717) is 18.6 Å². The fraction of sp³-hybridized carbons (Fsp3) is 0.385. The molecule has 0 N–H and O–H groups in total. The lowest BCUT2D eigenvalue weighted by molar-refractivity contribution is -0.384. The molecular formula is C13H14N2O4. The first kappa shape index (κ1) is 14.6. The molecule has 0 aliphatic rings. The third-order valence-electron chi connectivity index (χ3n) is 2.60. The van der Waals surface area contributed by atoms with E-state index < -0.39 is 10.8 Å². The molecule has 0 heterocycles. The Balaban J connectivity index is 2.67. The Hall–Kier alpha value is -2.42. The van der Waals surface area contributed by atoms with Crippen molar-refractivity contribution < 1.29 is 14.5 Å². The SMILES string of the molecule is CCOC(=O)CCC(C#N)c1ccc([N+](=O)[O-])cc1. The molecule has 1 atom stereocenters. The average molecular weight is 262 g/mol. The summed E-state index contributed by atoms with van der Waals surface area (Å²) in [6.45, 7) is 2.03. The summed E-state index contributed by atoms with van der Waals surface area (Å²) in [4.78, 5) is 21.2. The van der Waals surface area contributed by atoms with Crippen LogP contribution < -0.4 is 0 Å². The Labute approximate surface area is 110 Å². The summed E-state index contributed by atoms with van der Waals surface area (Å²) in [7, 11) is 0. The van der Waals surface area contributed by atoms with Crippen LogP contribution in [0.3, 0.4) is 0 Å². The molecule has 0 aromatic heterocycles. The Kier molecular flexibility index (Phi) is 5.48. The van der Waals surface area contributed by atoms with Gasteiger partial charge in [0.1, 0.15) is 0 Å². The highest BCUT2D eigenvalue weighted by Crippen LogP contribution is 2.23. The molecule has 19 heavy (non-hydrogen) atoms. The molecular weight excluding hydrogens is 248 g/mol. The number of nitriles is 1. The molecule has 6 heteroatoms. The summed E-state index contributed by atoms with van der Waals surface area (Å²) < 4.78 is 4.79. The van der Waals surface area contributed by atoms with E-state index in [1.165, 1.54) is 24.3 Å². The minimum absolute atomic E-state index is 0.0224. The van der Waals surface area contributed by atoms with Gasteiger partial charge in [-0.05, 0) is 18.9 Å². The third-order valence-corrected chi connectivity index (χ3v) is 2.60. The Morgan fingerprint density at radius 2 is 2.11 bits per heavy atom. The normalized spacial score (nSPS) is 11.4. The molecule has 1 aromatic carbocycles. The number of carbonyl (C=O) groups is 1. The Bertz CT molecular complexity index is 490. The number of esters is 1. The van der Waals surface area contributed by atoms with Crippen LogP contribution in [0.4, 0.5) is 5.69 Å². The van der Waals surface area contributed by atoms with Crippen molar-refractivity contribution in [2.24, 2.45) is 0 Å². The first-order valence-electron chi connectivity index (χ1n) is 5.88. The van der Waals surface area contributed by atoms with Crippen molar-refractivity contribution in [3.63, 3.8) is 0 Å². The van der Waals surface area contributed by atoms with E-state index in [4.69, 9.17) is 10.00 Å². The average Bonchev–Trinajstić information content (AvgIpc) is 2.40. The molecule has 0 spiro atoms. The molecule has 0 saturated heterocycles. The van der Waals surface area contributed by atoms with Gasteiger partial charge in [-0.3, -0.25) is 14.9 Å². The summed E-state index contributed by atoms with van der Waals surface area (Å²) in [6.07, 6.45) is 0.496. The quantitative estimate of drug-likeness (QED) is 0.446. The van der Waals surface area contributed by atoms with Crippen LogP contribution in [0.25, 0.3) is 0 Å². The van der Waals surface area contributed by atoms with Crippen LogP contribution in [0.5, 0.6) is 0 Å². The molecule has 0 radical (unpaired) electrons. The maximum atomic E-state index is 11.2. The fourth-order valence-corrected chi connectivity index (χ4v) is 1.63. The van der Waals surface area contributed by atoms with E-state index >= 15 is 0 Å². The van der Waals surface area contributed by atoms with Gasteiger partial charge < -0.3 is 4.74 Å². The molecule has 6 nitrogen and oxygen atoms in total. The van der Waals surface area contributed by atoms with Crippen LogP contribution in [0.2, 0.25) is 0 Å². The van der Waals surface area contributed by atoms with Crippen molar-refractivity contribution in [2.75, 3.05) is 6.61 Å². The van der Waals surface area contributed by atoms with Gasteiger partial charge in [-0.25, -0.2) is 0 Å². The van der Waals surface area contributed by atoms with Crippen molar-refractivity contribution in [1.82, 2.24) is 0 Å². The maximum Gasteiger partial charge on any atom is 0.305 e. The number of non-ortho nitro benzene ring substituents is 1. The predicted molar refractivity (Wildman–Crippen MR) is 67.3 cm³/mol. The molecule has 1 rings (SSSR count). The zero-order valence-electron chi connectivity index (χ0n) is 10.5. The van der Waals surface area contributed by atoms with Crippen LogP contribution in [-0.4, -0.2) is 17.5 Å². The lowest BCUT2D eigenvalue weighted by Gasteiger charge is -2.08. The van der Waals surface area contributed by atoms with Gasteiger partial charge in [0.2, 0.25) is 0 Å². The summed E-state index contributed by atoms with van der Waals surface area (Å²) >= 11 is 0. The lowest BCUT2D eigenvalue weighted by Crippen LogP contribution is -2.06. The second kappa shape index (κ2) is 7.11. The maximum absolute atomic E-state index is 11.2. The smallest absolute Gasteiger partial charge is 0.305 e. The summed E-state index contributed by atoms with van der Waals surface area (Å²) in [5, 5.41) is 19.6.